The van der Waals surface area contributed by atoms with Gasteiger partial charge in [0.1, 0.15) is 17.6 Å². The number of hydrogen-bond acceptors (Lipinski definition) is 11. The number of piperidine rings is 2. The Morgan fingerprint density at radius 1 is 1.09 bits per heavy atom. The molecule has 3 fully saturated rings. The zero-order valence-electron chi connectivity index (χ0n) is 31.0. The Kier molecular flexibility index (Phi) is 10.7. The number of halogens is 2. The van der Waals surface area contributed by atoms with E-state index in [1.165, 1.54) is 24.5 Å². The van der Waals surface area contributed by atoms with Crippen LogP contribution in [0, 0.1) is 5.82 Å². The predicted octanol–water partition coefficient (Wildman–Crippen LogP) is 2.52. The normalized spacial score (nSPS) is 20.1. The Morgan fingerprint density at radius 3 is 2.48 bits per heavy atom. The van der Waals surface area contributed by atoms with Gasteiger partial charge < -0.3 is 30.9 Å². The van der Waals surface area contributed by atoms with Gasteiger partial charge >= 0.3 is 0 Å². The molecule has 56 heavy (non-hydrogen) atoms. The highest BCUT2D eigenvalue weighted by atomic mass is 19.1. The number of imide groups is 1. The first-order chi connectivity index (χ1) is 26.8. The molecule has 5 N–H and O–H groups in total. The summed E-state index contributed by atoms with van der Waals surface area (Å²) in [5.41, 5.74) is 6.14. The van der Waals surface area contributed by atoms with Crippen molar-refractivity contribution in [1.29, 1.82) is 0 Å². The molecule has 4 aliphatic rings. The van der Waals surface area contributed by atoms with Crippen LogP contribution >= 0.6 is 0 Å². The van der Waals surface area contributed by atoms with Crippen molar-refractivity contribution in [3.8, 4) is 5.75 Å². The molecule has 0 aliphatic carbocycles. The molecule has 1 aromatic heterocycles. The van der Waals surface area contributed by atoms with Crippen LogP contribution in [-0.4, -0.2) is 106 Å². The second-order valence-corrected chi connectivity index (χ2v) is 14.9. The van der Waals surface area contributed by atoms with E-state index in [0.29, 0.717) is 55.2 Å². The summed E-state index contributed by atoms with van der Waals surface area (Å²) in [6, 6.07) is 8.07. The van der Waals surface area contributed by atoms with Gasteiger partial charge in [0.05, 0.1) is 36.0 Å². The molecule has 0 bridgehead atoms. The molecular formula is C39H43F2N9O6. The summed E-state index contributed by atoms with van der Waals surface area (Å²) in [7, 11) is 0. The van der Waals surface area contributed by atoms with Crippen molar-refractivity contribution in [2.45, 2.75) is 69.9 Å². The number of benzene rings is 2. The quantitative estimate of drug-likeness (QED) is 0.166. The first-order valence-corrected chi connectivity index (χ1v) is 18.6. The summed E-state index contributed by atoms with van der Waals surface area (Å²) < 4.78 is 36.9. The molecule has 15 nitrogen and oxygen atoms in total. The summed E-state index contributed by atoms with van der Waals surface area (Å²) in [5, 5.41) is 7.47. The first kappa shape index (κ1) is 38.3. The van der Waals surface area contributed by atoms with Gasteiger partial charge in [-0.1, -0.05) is 0 Å². The number of hydrogen-bond donors (Lipinski definition) is 4. The summed E-state index contributed by atoms with van der Waals surface area (Å²) in [5.74, 6) is -2.78. The number of rotatable bonds is 11. The standard InChI is InChI=1S/C39H43F2N9O6/c1-22(2)56-32-16-27-23(14-31(32)46-36(53)28(17-42)34-43-10-3-11-44-34)18-50(38(27)55)24-8-12-48(13-9-24)19-39(41)20-49(21-39)25-4-5-26(29(40)15-25)35(52)45-30-6-7-33(51)47-37(30)54/h3-5,10-11,14-17,22,24,30H,6-9,12-13,18-21,42H2,1-2H3,(H,45,52)(H,46,53)(H,47,51,54)/b28-17+. The molecule has 4 aliphatic heterocycles. The van der Waals surface area contributed by atoms with Gasteiger partial charge in [0, 0.05) is 68.5 Å². The molecule has 0 saturated carbocycles. The third-order valence-electron chi connectivity index (χ3n) is 10.4. The number of amides is 5. The highest BCUT2D eigenvalue weighted by Gasteiger charge is 2.46. The van der Waals surface area contributed by atoms with E-state index in [1.54, 1.807) is 29.2 Å². The second-order valence-electron chi connectivity index (χ2n) is 14.9. The van der Waals surface area contributed by atoms with Crippen molar-refractivity contribution >= 4 is 46.5 Å². The first-order valence-electron chi connectivity index (χ1n) is 18.6. The number of ether oxygens (including phenoxy) is 1. The van der Waals surface area contributed by atoms with E-state index in [4.69, 9.17) is 10.5 Å². The van der Waals surface area contributed by atoms with Crippen LogP contribution in [0.4, 0.5) is 20.2 Å². The Hall–Kier alpha value is -5.97. The van der Waals surface area contributed by atoms with Gasteiger partial charge in [-0.3, -0.25) is 34.2 Å². The second kappa shape index (κ2) is 15.6. The summed E-state index contributed by atoms with van der Waals surface area (Å²) >= 11 is 0. The van der Waals surface area contributed by atoms with Crippen LogP contribution in [0.1, 0.15) is 71.6 Å². The number of aromatic nitrogens is 2. The maximum absolute atomic E-state index is 15.9. The molecule has 1 unspecified atom stereocenters. The zero-order chi connectivity index (χ0) is 39.7. The van der Waals surface area contributed by atoms with E-state index in [1.807, 2.05) is 23.6 Å². The van der Waals surface area contributed by atoms with Gasteiger partial charge in [-0.15, -0.1) is 0 Å². The van der Waals surface area contributed by atoms with Gasteiger partial charge in [-0.25, -0.2) is 18.7 Å². The van der Waals surface area contributed by atoms with Crippen LogP contribution in [0.2, 0.25) is 0 Å². The van der Waals surface area contributed by atoms with Crippen LogP contribution in [0.15, 0.2) is 55.0 Å². The van der Waals surface area contributed by atoms with E-state index in [-0.39, 0.29) is 67.5 Å². The molecule has 1 atom stereocenters. The fourth-order valence-corrected chi connectivity index (χ4v) is 7.65. The van der Waals surface area contributed by atoms with Crippen molar-refractivity contribution in [3.05, 3.63) is 83.3 Å². The summed E-state index contributed by atoms with van der Waals surface area (Å²) in [6.45, 7) is 5.50. The van der Waals surface area contributed by atoms with Crippen LogP contribution in [0.5, 0.6) is 5.75 Å². The van der Waals surface area contributed by atoms with Crippen LogP contribution < -0.4 is 31.3 Å². The van der Waals surface area contributed by atoms with Crippen molar-refractivity contribution in [2.75, 3.05) is 42.9 Å². The maximum atomic E-state index is 15.9. The van der Waals surface area contributed by atoms with E-state index in [9.17, 15) is 24.0 Å². The monoisotopic (exact) mass is 771 g/mol. The van der Waals surface area contributed by atoms with Crippen molar-refractivity contribution in [1.82, 2.24) is 30.4 Å². The average molecular weight is 772 g/mol. The van der Waals surface area contributed by atoms with Gasteiger partial charge in [-0.05, 0) is 75.1 Å². The fourth-order valence-electron chi connectivity index (χ4n) is 7.65. The van der Waals surface area contributed by atoms with E-state index < -0.39 is 41.2 Å². The van der Waals surface area contributed by atoms with E-state index in [2.05, 4.69) is 25.9 Å². The number of alkyl halides is 1. The number of fused-ring (bicyclic) bond motifs is 1. The maximum Gasteiger partial charge on any atom is 0.261 e. The lowest BCUT2D eigenvalue weighted by Gasteiger charge is -2.49. The molecule has 3 saturated heterocycles. The minimum absolute atomic E-state index is 0.0503. The van der Waals surface area contributed by atoms with Gasteiger partial charge in [0.25, 0.3) is 17.7 Å². The molecule has 7 rings (SSSR count). The van der Waals surface area contributed by atoms with Gasteiger partial charge in [0.2, 0.25) is 11.8 Å². The molecule has 2 aromatic carbocycles. The van der Waals surface area contributed by atoms with E-state index >= 15 is 8.78 Å². The predicted molar refractivity (Wildman–Crippen MR) is 200 cm³/mol. The van der Waals surface area contributed by atoms with Crippen molar-refractivity contribution < 1.29 is 37.5 Å². The molecular weight excluding hydrogens is 728 g/mol. The molecule has 0 radical (unpaired) electrons. The van der Waals surface area contributed by atoms with Gasteiger partial charge in [0.15, 0.2) is 11.5 Å². The van der Waals surface area contributed by atoms with Crippen LogP contribution in [0.3, 0.4) is 0 Å². The minimum atomic E-state index is -1.52. The van der Waals surface area contributed by atoms with Crippen LogP contribution in [-0.2, 0) is 20.9 Å². The highest BCUT2D eigenvalue weighted by Crippen LogP contribution is 2.38. The third-order valence-corrected chi connectivity index (χ3v) is 10.4. The lowest BCUT2D eigenvalue weighted by atomic mass is 9.92. The number of carbonyl (C=O) groups excluding carboxylic acids is 5. The summed E-state index contributed by atoms with van der Waals surface area (Å²) in [6.07, 6.45) is 5.42. The largest absolute Gasteiger partial charge is 0.489 e. The van der Waals surface area contributed by atoms with E-state index in [0.717, 1.165) is 11.8 Å². The number of likely N-dealkylation sites (tertiary alicyclic amines) is 1. The third kappa shape index (κ3) is 8.03. The summed E-state index contributed by atoms with van der Waals surface area (Å²) in [4.78, 5) is 76.8. The Bertz CT molecular complexity index is 2080. The molecule has 294 valence electrons. The topological polar surface area (TPSA) is 192 Å². The molecule has 3 aromatic rings. The number of nitrogens with two attached hydrogens (primary N) is 1. The number of anilines is 2. The van der Waals surface area contributed by atoms with Crippen LogP contribution in [0.25, 0.3) is 5.57 Å². The molecule has 5 heterocycles. The number of carbonyl (C=O) groups is 5. The van der Waals surface area contributed by atoms with Crippen molar-refractivity contribution in [2.24, 2.45) is 5.73 Å². The lowest BCUT2D eigenvalue weighted by Crippen LogP contribution is -2.64. The zero-order valence-corrected chi connectivity index (χ0v) is 31.0. The Morgan fingerprint density at radius 2 is 1.82 bits per heavy atom. The number of nitrogens with zero attached hydrogens (tertiary/aromatic N) is 5. The Balaban J connectivity index is 0.923. The fraction of sp³-hybridized carbons (Fsp3) is 0.410. The average Bonchev–Trinajstić information content (AvgIpc) is 3.47. The minimum Gasteiger partial charge on any atom is -0.489 e. The van der Waals surface area contributed by atoms with Crippen molar-refractivity contribution in [3.63, 3.8) is 0 Å². The Labute approximate surface area is 321 Å². The SMILES string of the molecule is CC(C)Oc1cc2c(cc1NC(=O)/C(=C/N)c1ncccn1)CN(C1CCN(CC3(F)CN(c4ccc(C(=O)NC5CCC(=O)NC5=O)c(F)c4)C3)CC1)C2=O. The molecule has 5 amide bonds. The number of nitrogens with one attached hydrogen (secondary N) is 3. The molecule has 17 heteroatoms. The lowest BCUT2D eigenvalue weighted by molar-refractivity contribution is -0.134. The highest BCUT2D eigenvalue weighted by molar-refractivity contribution is 6.24. The smallest absolute Gasteiger partial charge is 0.261 e. The van der Waals surface area contributed by atoms with Gasteiger partial charge in [-0.2, -0.15) is 0 Å². The molecule has 0 spiro atoms.